The predicted octanol–water partition coefficient (Wildman–Crippen LogP) is 1.49. The quantitative estimate of drug-likeness (QED) is 0.767. The lowest BCUT2D eigenvalue weighted by Gasteiger charge is -2.29. The van der Waals surface area contributed by atoms with Crippen LogP contribution in [0, 0.1) is 0 Å². The molecule has 1 heterocycles. The first-order valence-electron chi connectivity index (χ1n) is 6.50. The molecule has 2 atom stereocenters. The predicted molar refractivity (Wildman–Crippen MR) is 64.3 cm³/mol. The van der Waals surface area contributed by atoms with Gasteiger partial charge in [-0.2, -0.15) is 0 Å². The van der Waals surface area contributed by atoms with Crippen LogP contribution >= 0.6 is 0 Å². The van der Waals surface area contributed by atoms with Crippen LogP contribution in [0.3, 0.4) is 0 Å². The van der Waals surface area contributed by atoms with Gasteiger partial charge in [-0.1, -0.05) is 12.8 Å². The summed E-state index contributed by atoms with van der Waals surface area (Å²) in [5, 5.41) is 12.8. The highest BCUT2D eigenvalue weighted by Crippen LogP contribution is 2.22. The summed E-state index contributed by atoms with van der Waals surface area (Å²) in [6, 6.07) is -0.0847. The van der Waals surface area contributed by atoms with Crippen LogP contribution in [0.25, 0.3) is 0 Å². The van der Waals surface area contributed by atoms with Crippen molar-refractivity contribution < 1.29 is 14.6 Å². The minimum Gasteiger partial charge on any atom is -0.498 e. The maximum Gasteiger partial charge on any atom is 0.250 e. The molecule has 1 fully saturated rings. The molecule has 4 nitrogen and oxygen atoms in total. The third-order valence-corrected chi connectivity index (χ3v) is 3.63. The van der Waals surface area contributed by atoms with Gasteiger partial charge in [0.05, 0.1) is 24.3 Å². The fourth-order valence-corrected chi connectivity index (χ4v) is 2.55. The first-order chi connectivity index (χ1) is 8.18. The third-order valence-electron chi connectivity index (χ3n) is 3.63. The molecule has 2 N–H and O–H groups in total. The molecule has 0 spiro atoms. The van der Waals surface area contributed by atoms with Gasteiger partial charge in [0.15, 0.2) is 0 Å². The minimum absolute atomic E-state index is 0.0619. The maximum absolute atomic E-state index is 12.1. The van der Waals surface area contributed by atoms with Crippen LogP contribution in [0.5, 0.6) is 0 Å². The van der Waals surface area contributed by atoms with Crippen LogP contribution in [-0.4, -0.2) is 29.8 Å². The molecule has 2 unspecified atom stereocenters. The second kappa shape index (κ2) is 5.54. The van der Waals surface area contributed by atoms with Gasteiger partial charge >= 0.3 is 0 Å². The van der Waals surface area contributed by atoms with Crippen molar-refractivity contribution in [3.05, 3.63) is 11.3 Å². The van der Waals surface area contributed by atoms with Gasteiger partial charge in [-0.3, -0.25) is 4.79 Å². The lowest BCUT2D eigenvalue weighted by atomic mass is 9.92. The lowest BCUT2D eigenvalue weighted by molar-refractivity contribution is -0.120. The molecule has 1 saturated carbocycles. The molecule has 0 aromatic rings. The number of rotatable bonds is 2. The van der Waals surface area contributed by atoms with Gasteiger partial charge in [0.25, 0.3) is 5.91 Å². The molecule has 2 rings (SSSR count). The number of nitrogens with one attached hydrogen (secondary N) is 1. The van der Waals surface area contributed by atoms with Gasteiger partial charge < -0.3 is 15.2 Å². The van der Waals surface area contributed by atoms with Crippen LogP contribution in [-0.2, 0) is 9.53 Å². The van der Waals surface area contributed by atoms with Crippen LogP contribution in [0.1, 0.15) is 45.4 Å². The largest absolute Gasteiger partial charge is 0.498 e. The number of hydrogen-bond donors (Lipinski definition) is 2. The Hall–Kier alpha value is -1.03. The first kappa shape index (κ1) is 12.4. The van der Waals surface area contributed by atoms with E-state index < -0.39 is 6.10 Å². The number of carbonyl (C=O) groups is 1. The molecule has 17 heavy (non-hydrogen) atoms. The van der Waals surface area contributed by atoms with E-state index in [2.05, 4.69) is 5.32 Å². The van der Waals surface area contributed by atoms with Gasteiger partial charge in [-0.05, 0) is 32.6 Å². The van der Waals surface area contributed by atoms with Crippen LogP contribution in [0.4, 0.5) is 0 Å². The molecule has 1 aliphatic heterocycles. The molecular weight excluding hydrogens is 218 g/mol. The topological polar surface area (TPSA) is 58.6 Å². The van der Waals surface area contributed by atoms with E-state index in [1.54, 1.807) is 0 Å². The average Bonchev–Trinajstić information content (AvgIpc) is 2.32. The Labute approximate surface area is 102 Å². The molecular formula is C13H21NO3. The number of carbonyl (C=O) groups excluding carboxylic acids is 1. The van der Waals surface area contributed by atoms with Crippen LogP contribution in [0.15, 0.2) is 11.3 Å². The number of allylic oxidation sites excluding steroid dienone is 1. The van der Waals surface area contributed by atoms with Crippen molar-refractivity contribution in [2.75, 3.05) is 6.61 Å². The SMILES string of the molecule is CC1=C(C(=O)NC2CCCCC2O)CCCO1. The number of ether oxygens (including phenoxy) is 1. The number of aliphatic hydroxyl groups excluding tert-OH is 1. The summed E-state index contributed by atoms with van der Waals surface area (Å²) in [7, 11) is 0. The Kier molecular flexibility index (Phi) is 4.05. The van der Waals surface area contributed by atoms with Crippen LogP contribution < -0.4 is 5.32 Å². The molecule has 4 heteroatoms. The van der Waals surface area contributed by atoms with Gasteiger partial charge in [-0.25, -0.2) is 0 Å². The van der Waals surface area contributed by atoms with E-state index in [4.69, 9.17) is 4.74 Å². The molecule has 2 aliphatic rings. The van der Waals surface area contributed by atoms with Crippen molar-refractivity contribution in [2.24, 2.45) is 0 Å². The van der Waals surface area contributed by atoms with Gasteiger partial charge in [0.1, 0.15) is 5.76 Å². The average molecular weight is 239 g/mol. The molecule has 0 aromatic carbocycles. The minimum atomic E-state index is -0.391. The van der Waals surface area contributed by atoms with E-state index in [1.165, 1.54) is 0 Å². The highest BCUT2D eigenvalue weighted by Gasteiger charge is 2.26. The van der Waals surface area contributed by atoms with E-state index in [0.29, 0.717) is 6.61 Å². The smallest absolute Gasteiger partial charge is 0.250 e. The number of amides is 1. The molecule has 1 amide bonds. The van der Waals surface area contributed by atoms with Crippen molar-refractivity contribution in [2.45, 2.75) is 57.6 Å². The zero-order valence-electron chi connectivity index (χ0n) is 10.4. The summed E-state index contributed by atoms with van der Waals surface area (Å²) in [5.41, 5.74) is 0.744. The molecule has 0 saturated heterocycles. The normalized spacial score (nSPS) is 29.8. The van der Waals surface area contributed by atoms with E-state index in [0.717, 1.165) is 49.9 Å². The van der Waals surface area contributed by atoms with E-state index in [1.807, 2.05) is 6.92 Å². The Morgan fingerprint density at radius 2 is 2.12 bits per heavy atom. The van der Waals surface area contributed by atoms with E-state index in [-0.39, 0.29) is 11.9 Å². The van der Waals surface area contributed by atoms with Crippen molar-refractivity contribution in [3.63, 3.8) is 0 Å². The van der Waals surface area contributed by atoms with Gasteiger partial charge in [0.2, 0.25) is 0 Å². The Morgan fingerprint density at radius 1 is 1.35 bits per heavy atom. The standard InChI is InChI=1S/C13H21NO3/c1-9-10(5-4-8-17-9)13(16)14-11-6-2-3-7-12(11)15/h11-12,15H,2-8H2,1H3,(H,14,16). The monoisotopic (exact) mass is 239 g/mol. The summed E-state index contributed by atoms with van der Waals surface area (Å²) in [5.74, 6) is 0.673. The Bertz CT molecular complexity index is 325. The first-order valence-corrected chi connectivity index (χ1v) is 6.50. The highest BCUT2D eigenvalue weighted by atomic mass is 16.5. The zero-order valence-corrected chi connectivity index (χ0v) is 10.4. The number of hydrogen-bond acceptors (Lipinski definition) is 3. The summed E-state index contributed by atoms with van der Waals surface area (Å²) in [4.78, 5) is 12.1. The van der Waals surface area contributed by atoms with Crippen molar-refractivity contribution in [1.29, 1.82) is 0 Å². The van der Waals surface area contributed by atoms with E-state index in [9.17, 15) is 9.90 Å². The zero-order chi connectivity index (χ0) is 12.3. The Balaban J connectivity index is 1.96. The molecule has 0 aromatic heterocycles. The molecule has 0 bridgehead atoms. The summed E-state index contributed by atoms with van der Waals surface area (Å²) in [6.07, 6.45) is 5.08. The molecule has 96 valence electrons. The lowest BCUT2D eigenvalue weighted by Crippen LogP contribution is -2.45. The van der Waals surface area contributed by atoms with Gasteiger partial charge in [-0.15, -0.1) is 0 Å². The fourth-order valence-electron chi connectivity index (χ4n) is 2.55. The van der Waals surface area contributed by atoms with E-state index >= 15 is 0 Å². The molecule has 0 radical (unpaired) electrons. The Morgan fingerprint density at radius 3 is 2.82 bits per heavy atom. The third kappa shape index (κ3) is 3.00. The van der Waals surface area contributed by atoms with Crippen molar-refractivity contribution in [3.8, 4) is 0 Å². The van der Waals surface area contributed by atoms with Crippen LogP contribution in [0.2, 0.25) is 0 Å². The highest BCUT2D eigenvalue weighted by molar-refractivity contribution is 5.94. The summed E-state index contributed by atoms with van der Waals surface area (Å²) in [6.45, 7) is 2.54. The second-order valence-corrected chi connectivity index (χ2v) is 4.92. The second-order valence-electron chi connectivity index (χ2n) is 4.92. The maximum atomic E-state index is 12.1. The summed E-state index contributed by atoms with van der Waals surface area (Å²) < 4.78 is 5.38. The van der Waals surface area contributed by atoms with Gasteiger partial charge in [0, 0.05) is 0 Å². The fraction of sp³-hybridized carbons (Fsp3) is 0.769. The molecule has 1 aliphatic carbocycles. The number of aliphatic hydroxyl groups is 1. The summed E-state index contributed by atoms with van der Waals surface area (Å²) >= 11 is 0. The van der Waals surface area contributed by atoms with Crippen molar-refractivity contribution >= 4 is 5.91 Å². The van der Waals surface area contributed by atoms with Crippen molar-refractivity contribution in [1.82, 2.24) is 5.32 Å².